The van der Waals surface area contributed by atoms with Gasteiger partial charge in [-0.15, -0.1) is 0 Å². The van der Waals surface area contributed by atoms with Gasteiger partial charge in [0.25, 0.3) is 5.56 Å². The van der Waals surface area contributed by atoms with Crippen LogP contribution in [-0.2, 0) is 9.53 Å². The molecule has 0 atom stereocenters. The number of para-hydroxylation sites is 1. The Morgan fingerprint density at radius 3 is 2.68 bits per heavy atom. The number of hydrogen-bond acceptors (Lipinski definition) is 6. The van der Waals surface area contributed by atoms with Crippen molar-refractivity contribution in [2.45, 2.75) is 12.1 Å². The molecule has 1 amide bonds. The van der Waals surface area contributed by atoms with Gasteiger partial charge >= 0.3 is 0 Å². The first-order valence-electron chi connectivity index (χ1n) is 10.2. The first-order valence-corrected chi connectivity index (χ1v) is 11.6. The maximum atomic E-state index is 13.3. The highest BCUT2D eigenvalue weighted by molar-refractivity contribution is 7.99. The summed E-state index contributed by atoms with van der Waals surface area (Å²) in [7, 11) is 3.08. The number of rotatable bonds is 9. The summed E-state index contributed by atoms with van der Waals surface area (Å²) in [6.07, 6.45) is 5.00. The van der Waals surface area contributed by atoms with Crippen molar-refractivity contribution < 1.29 is 14.3 Å². The Bertz CT molecular complexity index is 1350. The largest absolute Gasteiger partial charge is 0.501 e. The van der Waals surface area contributed by atoms with E-state index >= 15 is 0 Å². The van der Waals surface area contributed by atoms with Crippen LogP contribution in [0.2, 0.25) is 5.02 Å². The molecule has 0 aliphatic rings. The number of nitrogens with zero attached hydrogens (tertiary/aromatic N) is 2. The number of hydrogen-bond donors (Lipinski definition) is 1. The van der Waals surface area contributed by atoms with Gasteiger partial charge in [0.1, 0.15) is 5.75 Å². The molecule has 1 N–H and O–H groups in total. The molecule has 3 aromatic rings. The van der Waals surface area contributed by atoms with E-state index in [9.17, 15) is 9.59 Å². The van der Waals surface area contributed by atoms with Crippen LogP contribution in [0.5, 0.6) is 5.75 Å². The summed E-state index contributed by atoms with van der Waals surface area (Å²) in [5.41, 5.74) is 1.32. The monoisotopic (exact) mass is 497 g/mol. The standard InChI is InChI=1S/C25H24ClN3O4S/c1-5-18(12-10-16(2)32-3)29-24(31)19-8-6-7-9-21(19)28-25(29)34-15-23(30)27-17-11-13-22(33-4)20(26)14-17/h5-14H,1,15H2,2-4H3,(H,27,30). The highest BCUT2D eigenvalue weighted by atomic mass is 35.5. The van der Waals surface area contributed by atoms with Crippen LogP contribution >= 0.6 is 23.4 Å². The molecular formula is C25H24ClN3O4S. The van der Waals surface area contributed by atoms with E-state index in [1.807, 2.05) is 6.07 Å². The van der Waals surface area contributed by atoms with Crippen LogP contribution in [0.3, 0.4) is 0 Å². The molecule has 0 aliphatic carbocycles. The fourth-order valence-electron chi connectivity index (χ4n) is 3.01. The van der Waals surface area contributed by atoms with Crippen molar-refractivity contribution in [1.82, 2.24) is 9.55 Å². The molecule has 0 bridgehead atoms. The summed E-state index contributed by atoms with van der Waals surface area (Å²) in [5, 5.41) is 4.00. The summed E-state index contributed by atoms with van der Waals surface area (Å²) in [6.45, 7) is 5.64. The minimum atomic E-state index is -0.278. The highest BCUT2D eigenvalue weighted by Gasteiger charge is 2.15. The van der Waals surface area contributed by atoms with Gasteiger partial charge in [-0.2, -0.15) is 0 Å². The first-order chi connectivity index (χ1) is 16.4. The summed E-state index contributed by atoms with van der Waals surface area (Å²) in [4.78, 5) is 30.6. The predicted molar refractivity (Wildman–Crippen MR) is 139 cm³/mol. The SMILES string of the molecule is C=CC(=CC=C(C)OC)n1c(SCC(=O)Nc2ccc(OC)c(Cl)c2)nc2ccccc2c1=O. The van der Waals surface area contributed by atoms with Gasteiger partial charge in [-0.3, -0.25) is 14.2 Å². The normalized spacial score (nSPS) is 11.9. The first kappa shape index (κ1) is 25.1. The third kappa shape index (κ3) is 5.89. The number of methoxy groups -OCH3 is 2. The van der Waals surface area contributed by atoms with E-state index in [1.54, 1.807) is 68.7 Å². The quantitative estimate of drug-likeness (QED) is 0.185. The topological polar surface area (TPSA) is 82.4 Å². The Hall–Kier alpha value is -3.49. The van der Waals surface area contributed by atoms with Crippen LogP contribution < -0.4 is 15.6 Å². The maximum Gasteiger partial charge on any atom is 0.266 e. The van der Waals surface area contributed by atoms with Gasteiger partial charge < -0.3 is 14.8 Å². The van der Waals surface area contributed by atoms with Crippen molar-refractivity contribution in [3.8, 4) is 5.75 Å². The van der Waals surface area contributed by atoms with E-state index in [-0.39, 0.29) is 17.2 Å². The number of halogens is 1. The van der Waals surface area contributed by atoms with Gasteiger partial charge in [0.05, 0.1) is 47.4 Å². The Balaban J connectivity index is 1.93. The molecule has 0 fully saturated rings. The van der Waals surface area contributed by atoms with Gasteiger partial charge in [-0.25, -0.2) is 4.98 Å². The van der Waals surface area contributed by atoms with Crippen molar-refractivity contribution in [2.75, 3.05) is 25.3 Å². The maximum absolute atomic E-state index is 13.3. The average molecular weight is 498 g/mol. The number of fused-ring (bicyclic) bond motifs is 1. The number of benzene rings is 2. The molecule has 0 saturated carbocycles. The molecule has 2 aromatic carbocycles. The molecule has 9 heteroatoms. The summed E-state index contributed by atoms with van der Waals surface area (Å²) < 4.78 is 11.7. The molecule has 176 valence electrons. The van der Waals surface area contributed by atoms with Crippen molar-refractivity contribution in [2.24, 2.45) is 0 Å². The second-order valence-corrected chi connectivity index (χ2v) is 8.37. The third-order valence-electron chi connectivity index (χ3n) is 4.79. The van der Waals surface area contributed by atoms with Crippen LogP contribution in [0.15, 0.2) is 83.0 Å². The molecule has 3 rings (SSSR count). The second-order valence-electron chi connectivity index (χ2n) is 7.02. The molecule has 0 unspecified atom stereocenters. The zero-order valence-corrected chi connectivity index (χ0v) is 20.6. The van der Waals surface area contributed by atoms with E-state index in [2.05, 4.69) is 16.9 Å². The van der Waals surface area contributed by atoms with Gasteiger partial charge in [-0.05, 0) is 55.5 Å². The fourth-order valence-corrected chi connectivity index (χ4v) is 4.08. The molecular weight excluding hydrogens is 474 g/mol. The van der Waals surface area contributed by atoms with Gasteiger partial charge in [0.2, 0.25) is 5.91 Å². The Kier molecular flexibility index (Phi) is 8.56. The zero-order valence-electron chi connectivity index (χ0n) is 19.0. The minimum Gasteiger partial charge on any atom is -0.501 e. The van der Waals surface area contributed by atoms with Crippen molar-refractivity contribution in [3.63, 3.8) is 0 Å². The van der Waals surface area contributed by atoms with Crippen LogP contribution in [0, 0.1) is 0 Å². The number of allylic oxidation sites excluding steroid dienone is 5. The Morgan fingerprint density at radius 2 is 2.00 bits per heavy atom. The fraction of sp³-hybridized carbons (Fsp3) is 0.160. The van der Waals surface area contributed by atoms with Crippen LogP contribution in [0.4, 0.5) is 5.69 Å². The lowest BCUT2D eigenvalue weighted by atomic mass is 10.2. The molecule has 0 spiro atoms. The summed E-state index contributed by atoms with van der Waals surface area (Å²) in [6, 6.07) is 12.0. The van der Waals surface area contributed by atoms with Crippen LogP contribution in [0.1, 0.15) is 6.92 Å². The molecule has 1 aromatic heterocycles. The van der Waals surface area contributed by atoms with E-state index in [0.717, 1.165) is 11.8 Å². The van der Waals surface area contributed by atoms with E-state index in [4.69, 9.17) is 21.1 Å². The number of anilines is 1. The van der Waals surface area contributed by atoms with Gasteiger partial charge in [-0.1, -0.05) is 42.1 Å². The second kappa shape index (κ2) is 11.6. The lowest BCUT2D eigenvalue weighted by Crippen LogP contribution is -2.23. The van der Waals surface area contributed by atoms with Crippen molar-refractivity contribution >= 4 is 51.6 Å². The molecule has 0 aliphatic heterocycles. The van der Waals surface area contributed by atoms with Crippen LogP contribution in [-0.4, -0.2) is 35.4 Å². The predicted octanol–water partition coefficient (Wildman–Crippen LogP) is 5.37. The summed E-state index contributed by atoms with van der Waals surface area (Å²) >= 11 is 7.27. The number of carbonyl (C=O) groups excluding carboxylic acids is 1. The van der Waals surface area contributed by atoms with Crippen molar-refractivity contribution in [1.29, 1.82) is 0 Å². The number of carbonyl (C=O) groups is 1. The lowest BCUT2D eigenvalue weighted by molar-refractivity contribution is -0.113. The Labute approximate surface area is 206 Å². The van der Waals surface area contributed by atoms with E-state index < -0.39 is 0 Å². The summed E-state index contributed by atoms with van der Waals surface area (Å²) in [5.74, 6) is 0.915. The van der Waals surface area contributed by atoms with E-state index in [0.29, 0.717) is 44.0 Å². The van der Waals surface area contributed by atoms with Gasteiger partial charge in [0, 0.05) is 5.69 Å². The number of nitrogens with one attached hydrogen (secondary N) is 1. The molecule has 0 saturated heterocycles. The minimum absolute atomic E-state index is 0.0196. The number of amides is 1. The molecule has 0 radical (unpaired) electrons. The number of aromatic nitrogens is 2. The smallest absolute Gasteiger partial charge is 0.266 e. The Morgan fingerprint density at radius 1 is 1.24 bits per heavy atom. The number of ether oxygens (including phenoxy) is 2. The van der Waals surface area contributed by atoms with Crippen LogP contribution in [0.25, 0.3) is 16.6 Å². The zero-order chi connectivity index (χ0) is 24.7. The average Bonchev–Trinajstić information content (AvgIpc) is 2.84. The highest BCUT2D eigenvalue weighted by Crippen LogP contribution is 2.27. The van der Waals surface area contributed by atoms with E-state index in [1.165, 1.54) is 11.7 Å². The van der Waals surface area contributed by atoms with Gasteiger partial charge in [0.15, 0.2) is 5.16 Å². The molecule has 7 nitrogen and oxygen atoms in total. The lowest BCUT2D eigenvalue weighted by Gasteiger charge is -2.14. The third-order valence-corrected chi connectivity index (χ3v) is 6.02. The van der Waals surface area contributed by atoms with Crippen molar-refractivity contribution in [3.05, 3.63) is 88.4 Å². The number of thioether (sulfide) groups is 1. The molecule has 1 heterocycles. The molecule has 34 heavy (non-hydrogen) atoms.